The molecular formula is C20H24N6O2. The Labute approximate surface area is 164 Å². The van der Waals surface area contributed by atoms with Crippen molar-refractivity contribution in [3.8, 4) is 6.07 Å². The van der Waals surface area contributed by atoms with E-state index in [1.807, 2.05) is 32.0 Å². The number of ether oxygens (including phenoxy) is 1. The minimum Gasteiger partial charge on any atom is -0.450 e. The van der Waals surface area contributed by atoms with Crippen LogP contribution in [0.3, 0.4) is 0 Å². The third-order valence-electron chi connectivity index (χ3n) is 4.50. The first-order valence-corrected chi connectivity index (χ1v) is 9.38. The van der Waals surface area contributed by atoms with Crippen LogP contribution in [-0.4, -0.2) is 46.7 Å². The molecule has 1 saturated heterocycles. The molecule has 0 atom stereocenters. The number of anilines is 3. The van der Waals surface area contributed by atoms with Crippen LogP contribution in [0.25, 0.3) is 0 Å². The number of rotatable bonds is 5. The fraction of sp³-hybridized carbons (Fsp3) is 0.400. The van der Waals surface area contributed by atoms with Crippen molar-refractivity contribution in [1.29, 1.82) is 5.26 Å². The van der Waals surface area contributed by atoms with Gasteiger partial charge in [0.2, 0.25) is 5.95 Å². The molecule has 0 radical (unpaired) electrons. The number of aromatic nitrogens is 2. The van der Waals surface area contributed by atoms with E-state index in [0.29, 0.717) is 31.2 Å². The molecule has 1 aromatic heterocycles. The predicted molar refractivity (Wildman–Crippen MR) is 106 cm³/mol. The maximum atomic E-state index is 11.8. The first-order chi connectivity index (χ1) is 13.6. The first kappa shape index (κ1) is 19.4. The van der Waals surface area contributed by atoms with E-state index in [-0.39, 0.29) is 12.1 Å². The Bertz CT molecular complexity index is 854. The van der Waals surface area contributed by atoms with Crippen LogP contribution >= 0.6 is 0 Å². The van der Waals surface area contributed by atoms with E-state index in [2.05, 4.69) is 26.7 Å². The zero-order valence-electron chi connectivity index (χ0n) is 16.1. The zero-order chi connectivity index (χ0) is 19.9. The van der Waals surface area contributed by atoms with Gasteiger partial charge in [-0.2, -0.15) is 10.2 Å². The van der Waals surface area contributed by atoms with Crippen LogP contribution in [0.2, 0.25) is 0 Å². The van der Waals surface area contributed by atoms with Gasteiger partial charge >= 0.3 is 6.09 Å². The molecule has 1 aliphatic rings. The number of likely N-dealkylation sites (tertiary alicyclic amines) is 1. The van der Waals surface area contributed by atoms with Gasteiger partial charge in [-0.1, -0.05) is 0 Å². The van der Waals surface area contributed by atoms with Crippen molar-refractivity contribution in [2.75, 3.05) is 30.3 Å². The molecule has 0 aliphatic carbocycles. The smallest absolute Gasteiger partial charge is 0.409 e. The molecule has 2 aromatic rings. The molecule has 1 aromatic carbocycles. The van der Waals surface area contributed by atoms with Gasteiger partial charge in [0.05, 0.1) is 18.2 Å². The normalized spacial score (nSPS) is 14.2. The molecule has 0 saturated carbocycles. The van der Waals surface area contributed by atoms with Crippen molar-refractivity contribution in [1.82, 2.24) is 14.9 Å². The van der Waals surface area contributed by atoms with Crippen molar-refractivity contribution >= 4 is 23.5 Å². The topological polar surface area (TPSA) is 103 Å². The monoisotopic (exact) mass is 380 g/mol. The zero-order valence-corrected chi connectivity index (χ0v) is 16.1. The highest BCUT2D eigenvalue weighted by Crippen LogP contribution is 2.20. The Hall–Kier alpha value is -3.34. The second-order valence-electron chi connectivity index (χ2n) is 6.64. The van der Waals surface area contributed by atoms with Gasteiger partial charge in [-0.25, -0.2) is 9.78 Å². The van der Waals surface area contributed by atoms with Gasteiger partial charge in [-0.3, -0.25) is 0 Å². The van der Waals surface area contributed by atoms with E-state index < -0.39 is 0 Å². The van der Waals surface area contributed by atoms with E-state index in [9.17, 15) is 4.79 Å². The van der Waals surface area contributed by atoms with Crippen LogP contribution in [0.15, 0.2) is 30.3 Å². The van der Waals surface area contributed by atoms with Crippen molar-refractivity contribution in [3.05, 3.63) is 41.6 Å². The number of carbonyl (C=O) groups is 1. The van der Waals surface area contributed by atoms with E-state index in [1.54, 1.807) is 17.0 Å². The molecular weight excluding hydrogens is 356 g/mol. The average Bonchev–Trinajstić information content (AvgIpc) is 2.69. The van der Waals surface area contributed by atoms with Crippen LogP contribution in [0, 0.1) is 18.3 Å². The molecule has 2 N–H and O–H groups in total. The van der Waals surface area contributed by atoms with Crippen molar-refractivity contribution in [2.45, 2.75) is 32.7 Å². The largest absolute Gasteiger partial charge is 0.450 e. The molecule has 0 unspecified atom stereocenters. The van der Waals surface area contributed by atoms with Gasteiger partial charge in [-0.05, 0) is 51.0 Å². The van der Waals surface area contributed by atoms with Gasteiger partial charge in [0, 0.05) is 36.6 Å². The maximum absolute atomic E-state index is 11.8. The van der Waals surface area contributed by atoms with E-state index in [1.165, 1.54) is 0 Å². The number of benzene rings is 1. The summed E-state index contributed by atoms with van der Waals surface area (Å²) in [6.07, 6.45) is 1.42. The number of amides is 1. The SMILES string of the molecule is CCOC(=O)N1CCC(Nc2cc(C)nc(Nc3ccc(C#N)cc3)n2)CC1. The lowest BCUT2D eigenvalue weighted by molar-refractivity contribution is 0.0983. The first-order valence-electron chi connectivity index (χ1n) is 9.38. The van der Waals surface area contributed by atoms with Crippen molar-refractivity contribution in [3.63, 3.8) is 0 Å². The molecule has 28 heavy (non-hydrogen) atoms. The molecule has 0 spiro atoms. The number of nitriles is 1. The number of aryl methyl sites for hydroxylation is 1. The Kier molecular flexibility index (Phi) is 6.27. The second kappa shape index (κ2) is 9.04. The predicted octanol–water partition coefficient (Wildman–Crippen LogP) is 3.43. The van der Waals surface area contributed by atoms with Crippen LogP contribution in [-0.2, 0) is 4.74 Å². The summed E-state index contributed by atoms with van der Waals surface area (Å²) in [5.74, 6) is 1.24. The lowest BCUT2D eigenvalue weighted by Gasteiger charge is -2.31. The maximum Gasteiger partial charge on any atom is 0.409 e. The Morgan fingerprint density at radius 2 is 2.00 bits per heavy atom. The summed E-state index contributed by atoms with van der Waals surface area (Å²) < 4.78 is 5.06. The number of nitrogens with zero attached hydrogens (tertiary/aromatic N) is 4. The van der Waals surface area contributed by atoms with Gasteiger partial charge in [-0.15, -0.1) is 0 Å². The summed E-state index contributed by atoms with van der Waals surface area (Å²) in [4.78, 5) is 22.5. The highest BCUT2D eigenvalue weighted by molar-refractivity contribution is 5.67. The minimum atomic E-state index is -0.243. The number of hydrogen-bond acceptors (Lipinski definition) is 7. The van der Waals surface area contributed by atoms with E-state index in [0.717, 1.165) is 30.0 Å². The van der Waals surface area contributed by atoms with Gasteiger partial charge in [0.25, 0.3) is 0 Å². The van der Waals surface area contributed by atoms with Crippen LogP contribution < -0.4 is 10.6 Å². The van der Waals surface area contributed by atoms with E-state index >= 15 is 0 Å². The summed E-state index contributed by atoms with van der Waals surface area (Å²) in [5.41, 5.74) is 2.27. The molecule has 2 heterocycles. The lowest BCUT2D eigenvalue weighted by atomic mass is 10.1. The quantitative estimate of drug-likeness (QED) is 0.819. The fourth-order valence-corrected chi connectivity index (χ4v) is 3.09. The Balaban J connectivity index is 1.60. The molecule has 3 rings (SSSR count). The number of nitrogens with one attached hydrogen (secondary N) is 2. The highest BCUT2D eigenvalue weighted by Gasteiger charge is 2.23. The third-order valence-corrected chi connectivity index (χ3v) is 4.50. The highest BCUT2D eigenvalue weighted by atomic mass is 16.6. The standard InChI is InChI=1S/C20H24N6O2/c1-3-28-20(27)26-10-8-17(9-11-26)23-18-12-14(2)22-19(25-18)24-16-6-4-15(13-21)5-7-16/h4-7,12,17H,3,8-11H2,1-2H3,(H2,22,23,24,25). The van der Waals surface area contributed by atoms with Gasteiger partial charge in [0.1, 0.15) is 5.82 Å². The molecule has 146 valence electrons. The summed E-state index contributed by atoms with van der Waals surface area (Å²) in [7, 11) is 0. The number of hydrogen-bond donors (Lipinski definition) is 2. The Morgan fingerprint density at radius 1 is 1.29 bits per heavy atom. The Morgan fingerprint density at radius 3 is 2.64 bits per heavy atom. The fourth-order valence-electron chi connectivity index (χ4n) is 3.09. The van der Waals surface area contributed by atoms with Crippen molar-refractivity contribution < 1.29 is 9.53 Å². The average molecular weight is 380 g/mol. The number of piperidine rings is 1. The van der Waals surface area contributed by atoms with Crippen LogP contribution in [0.4, 0.5) is 22.2 Å². The summed E-state index contributed by atoms with van der Waals surface area (Å²) in [5, 5.41) is 15.5. The minimum absolute atomic E-state index is 0.239. The summed E-state index contributed by atoms with van der Waals surface area (Å²) in [6.45, 7) is 5.45. The molecule has 8 nitrogen and oxygen atoms in total. The van der Waals surface area contributed by atoms with Crippen LogP contribution in [0.5, 0.6) is 0 Å². The van der Waals surface area contributed by atoms with Crippen molar-refractivity contribution in [2.24, 2.45) is 0 Å². The summed E-state index contributed by atoms with van der Waals surface area (Å²) in [6, 6.07) is 11.4. The molecule has 1 aliphatic heterocycles. The van der Waals surface area contributed by atoms with Gasteiger partial charge < -0.3 is 20.3 Å². The molecule has 0 bridgehead atoms. The molecule has 1 amide bonds. The number of carbonyl (C=O) groups excluding carboxylic acids is 1. The van der Waals surface area contributed by atoms with Crippen LogP contribution in [0.1, 0.15) is 31.0 Å². The third kappa shape index (κ3) is 5.10. The van der Waals surface area contributed by atoms with E-state index in [4.69, 9.17) is 10.00 Å². The lowest BCUT2D eigenvalue weighted by Crippen LogP contribution is -2.42. The second-order valence-corrected chi connectivity index (χ2v) is 6.64. The summed E-state index contributed by atoms with van der Waals surface area (Å²) >= 11 is 0. The molecule has 1 fully saturated rings. The molecule has 8 heteroatoms. The van der Waals surface area contributed by atoms with Gasteiger partial charge in [0.15, 0.2) is 0 Å².